The summed E-state index contributed by atoms with van der Waals surface area (Å²) in [6, 6.07) is 0. The molecule has 1 aliphatic heterocycles. The van der Waals surface area contributed by atoms with E-state index in [1.54, 1.807) is 0 Å². The zero-order valence-corrected chi connectivity index (χ0v) is 12.3. The Kier molecular flexibility index (Phi) is 3.53. The molecule has 0 spiro atoms. The summed E-state index contributed by atoms with van der Waals surface area (Å²) >= 11 is 0. The third kappa shape index (κ3) is 2.87. The van der Waals surface area contributed by atoms with Gasteiger partial charge in [0, 0.05) is 13.1 Å². The summed E-state index contributed by atoms with van der Waals surface area (Å²) in [6.45, 7) is 7.52. The maximum Gasteiger partial charge on any atom is 0.246 e. The van der Waals surface area contributed by atoms with E-state index in [-0.39, 0.29) is 16.3 Å². The third-order valence-electron chi connectivity index (χ3n) is 3.66. The summed E-state index contributed by atoms with van der Waals surface area (Å²) in [5.74, 6) is 0.449. The molecule has 1 saturated heterocycles. The molecule has 1 unspecified atom stereocenters. The van der Waals surface area contributed by atoms with Crippen molar-refractivity contribution in [1.82, 2.24) is 14.3 Å². The largest absolute Gasteiger partial charge is 0.368 e. The van der Waals surface area contributed by atoms with Crippen LogP contribution in [0.3, 0.4) is 0 Å². The van der Waals surface area contributed by atoms with Crippen molar-refractivity contribution >= 4 is 16.0 Å². The Bertz CT molecular complexity index is 548. The maximum atomic E-state index is 12.4. The lowest BCUT2D eigenvalue weighted by Gasteiger charge is -2.26. The smallest absolute Gasteiger partial charge is 0.246 e. The van der Waals surface area contributed by atoms with Crippen molar-refractivity contribution in [3.8, 4) is 0 Å². The molecule has 0 aromatic carbocycles. The molecule has 2 rings (SSSR count). The second-order valence-corrected chi connectivity index (χ2v) is 7.93. The summed E-state index contributed by atoms with van der Waals surface area (Å²) < 4.78 is 26.4. The predicted octanol–water partition coefficient (Wildman–Crippen LogP) is 1.12. The Labute approximate surface area is 114 Å². The van der Waals surface area contributed by atoms with Gasteiger partial charge in [0.05, 0.1) is 12.4 Å². The van der Waals surface area contributed by atoms with E-state index in [4.69, 9.17) is 5.73 Å². The van der Waals surface area contributed by atoms with Gasteiger partial charge in [-0.2, -0.15) is 4.31 Å². The molecule has 1 atom stereocenters. The zero-order chi connectivity index (χ0) is 14.3. The third-order valence-corrected chi connectivity index (χ3v) is 5.48. The minimum atomic E-state index is -3.50. The van der Waals surface area contributed by atoms with Gasteiger partial charge in [0.2, 0.25) is 16.0 Å². The minimum Gasteiger partial charge on any atom is -0.368 e. The second-order valence-electron chi connectivity index (χ2n) is 5.99. The molecule has 0 saturated carbocycles. The van der Waals surface area contributed by atoms with Crippen LogP contribution < -0.4 is 5.73 Å². The number of rotatable bonds is 2. The van der Waals surface area contributed by atoms with Crippen molar-refractivity contribution in [2.45, 2.75) is 32.1 Å². The maximum absolute atomic E-state index is 12.4. The minimum absolute atomic E-state index is 0.0768. The van der Waals surface area contributed by atoms with Crippen LogP contribution in [0, 0.1) is 11.3 Å². The van der Waals surface area contributed by atoms with Crippen LogP contribution in [0.2, 0.25) is 0 Å². The molecule has 19 heavy (non-hydrogen) atoms. The van der Waals surface area contributed by atoms with E-state index in [2.05, 4.69) is 30.7 Å². The number of aromatic nitrogens is 2. The number of nitrogen functional groups attached to an aromatic ring is 1. The van der Waals surface area contributed by atoms with Crippen LogP contribution in [-0.2, 0) is 10.0 Å². The number of nitrogens with zero attached hydrogens (tertiary/aromatic N) is 3. The molecule has 1 fully saturated rings. The topological polar surface area (TPSA) is 89.2 Å². The van der Waals surface area contributed by atoms with Gasteiger partial charge in [0.15, 0.2) is 0 Å². The Morgan fingerprint density at radius 2 is 1.89 bits per heavy atom. The van der Waals surface area contributed by atoms with Crippen molar-refractivity contribution in [3.63, 3.8) is 0 Å². The van der Waals surface area contributed by atoms with E-state index in [1.165, 1.54) is 16.7 Å². The summed E-state index contributed by atoms with van der Waals surface area (Å²) in [5.41, 5.74) is 5.48. The Morgan fingerprint density at radius 3 is 2.37 bits per heavy atom. The van der Waals surface area contributed by atoms with E-state index < -0.39 is 10.0 Å². The van der Waals surface area contributed by atoms with Gasteiger partial charge in [0.25, 0.3) is 0 Å². The molecule has 1 aromatic rings. The summed E-state index contributed by atoms with van der Waals surface area (Å²) in [4.78, 5) is 7.60. The summed E-state index contributed by atoms with van der Waals surface area (Å²) in [5, 5.41) is 0. The van der Waals surface area contributed by atoms with Crippen molar-refractivity contribution in [3.05, 3.63) is 12.4 Å². The highest BCUT2D eigenvalue weighted by atomic mass is 32.2. The first-order valence-electron chi connectivity index (χ1n) is 6.29. The van der Waals surface area contributed by atoms with Crippen LogP contribution in [-0.4, -0.2) is 35.8 Å². The molecule has 0 aliphatic carbocycles. The molecule has 106 valence electrons. The Morgan fingerprint density at radius 1 is 1.32 bits per heavy atom. The fourth-order valence-electron chi connectivity index (χ4n) is 2.26. The number of nitrogens with two attached hydrogens (primary N) is 1. The van der Waals surface area contributed by atoms with Crippen LogP contribution in [0.1, 0.15) is 27.2 Å². The van der Waals surface area contributed by atoms with Crippen molar-refractivity contribution in [2.75, 3.05) is 18.8 Å². The van der Waals surface area contributed by atoms with Gasteiger partial charge >= 0.3 is 0 Å². The first-order chi connectivity index (χ1) is 8.71. The Balaban J connectivity index is 2.21. The van der Waals surface area contributed by atoms with Gasteiger partial charge in [-0.3, -0.25) is 0 Å². The standard InChI is InChI=1S/C12H20N4O2S/c1-12(2,3)9-4-5-16(8-9)19(17,18)10-6-14-11(13)15-7-10/h6-7,9H,4-5,8H2,1-3H3,(H2,13,14,15). The zero-order valence-electron chi connectivity index (χ0n) is 11.5. The second kappa shape index (κ2) is 4.72. The highest BCUT2D eigenvalue weighted by Crippen LogP contribution is 2.35. The number of anilines is 1. The van der Waals surface area contributed by atoms with Gasteiger partial charge in [-0.15, -0.1) is 0 Å². The first-order valence-corrected chi connectivity index (χ1v) is 7.73. The molecule has 6 nitrogen and oxygen atoms in total. The van der Waals surface area contributed by atoms with Gasteiger partial charge in [-0.1, -0.05) is 20.8 Å². The normalized spacial score (nSPS) is 21.7. The van der Waals surface area contributed by atoms with E-state index >= 15 is 0 Å². The van der Waals surface area contributed by atoms with Crippen LogP contribution in [0.15, 0.2) is 17.3 Å². The highest BCUT2D eigenvalue weighted by molar-refractivity contribution is 7.89. The van der Waals surface area contributed by atoms with Gasteiger partial charge in [-0.25, -0.2) is 18.4 Å². The van der Waals surface area contributed by atoms with Crippen LogP contribution >= 0.6 is 0 Å². The number of hydrogen-bond acceptors (Lipinski definition) is 5. The van der Waals surface area contributed by atoms with Crippen LogP contribution in [0.25, 0.3) is 0 Å². The molecule has 0 bridgehead atoms. The van der Waals surface area contributed by atoms with E-state index in [1.807, 2.05) is 0 Å². The fourth-order valence-corrected chi connectivity index (χ4v) is 3.65. The molecule has 0 radical (unpaired) electrons. The first kappa shape index (κ1) is 14.2. The van der Waals surface area contributed by atoms with Gasteiger partial charge in [0.1, 0.15) is 4.90 Å². The average Bonchev–Trinajstić information content (AvgIpc) is 2.79. The van der Waals surface area contributed by atoms with E-state index in [0.717, 1.165) is 6.42 Å². The SMILES string of the molecule is CC(C)(C)C1CCN(S(=O)(=O)c2cnc(N)nc2)C1. The van der Waals surface area contributed by atoms with Crippen LogP contribution in [0.5, 0.6) is 0 Å². The van der Waals surface area contributed by atoms with Crippen molar-refractivity contribution in [2.24, 2.45) is 11.3 Å². The molecule has 0 amide bonds. The lowest BCUT2D eigenvalue weighted by molar-refractivity contribution is 0.252. The highest BCUT2D eigenvalue weighted by Gasteiger charge is 2.37. The summed E-state index contributed by atoms with van der Waals surface area (Å²) in [6.07, 6.45) is 3.42. The van der Waals surface area contributed by atoms with Gasteiger partial charge in [-0.05, 0) is 17.8 Å². The number of sulfonamides is 1. The molecule has 1 aliphatic rings. The van der Waals surface area contributed by atoms with Crippen LogP contribution in [0.4, 0.5) is 5.95 Å². The molecular formula is C12H20N4O2S. The Hall–Kier alpha value is -1.21. The van der Waals surface area contributed by atoms with E-state index in [9.17, 15) is 8.42 Å². The molecular weight excluding hydrogens is 264 g/mol. The monoisotopic (exact) mass is 284 g/mol. The fraction of sp³-hybridized carbons (Fsp3) is 0.667. The molecule has 1 aromatic heterocycles. The average molecular weight is 284 g/mol. The lowest BCUT2D eigenvalue weighted by Crippen LogP contribution is -2.31. The van der Waals surface area contributed by atoms with E-state index in [0.29, 0.717) is 19.0 Å². The molecule has 2 heterocycles. The van der Waals surface area contributed by atoms with Gasteiger partial charge < -0.3 is 5.73 Å². The molecule has 7 heteroatoms. The lowest BCUT2D eigenvalue weighted by atomic mass is 9.80. The quantitative estimate of drug-likeness (QED) is 0.879. The number of hydrogen-bond donors (Lipinski definition) is 1. The van der Waals surface area contributed by atoms with Crippen molar-refractivity contribution in [1.29, 1.82) is 0 Å². The van der Waals surface area contributed by atoms with Crippen molar-refractivity contribution < 1.29 is 8.42 Å². The predicted molar refractivity (Wildman–Crippen MR) is 72.8 cm³/mol. The molecule has 2 N–H and O–H groups in total. The summed E-state index contributed by atoms with van der Waals surface area (Å²) in [7, 11) is -3.50.